The molecule has 5 aromatic carbocycles. The lowest BCUT2D eigenvalue weighted by molar-refractivity contribution is 1.18. The second kappa shape index (κ2) is 7.68. The summed E-state index contributed by atoms with van der Waals surface area (Å²) < 4.78 is 7.26. The third-order valence-corrected chi connectivity index (χ3v) is 9.64. The van der Waals surface area contributed by atoms with E-state index in [1.807, 2.05) is 29.7 Å². The first-order valence-electron chi connectivity index (χ1n) is 13.8. The van der Waals surface area contributed by atoms with Crippen molar-refractivity contribution in [3.05, 3.63) is 121 Å². The van der Waals surface area contributed by atoms with Gasteiger partial charge >= 0.3 is 0 Å². The summed E-state index contributed by atoms with van der Waals surface area (Å²) >= 11 is 1.86. The molecule has 0 saturated heterocycles. The van der Waals surface area contributed by atoms with Gasteiger partial charge in [-0.3, -0.25) is 4.40 Å². The molecule has 0 aliphatic rings. The SMILES string of the molecule is c1ccc(-n2c3cc4sc5ccccc5c4cc3c3cc4c5cccnc5n5c6ccccc6nc5c4cc32)cc1. The van der Waals surface area contributed by atoms with Crippen LogP contribution in [0.1, 0.15) is 0 Å². The van der Waals surface area contributed by atoms with E-state index in [1.165, 1.54) is 47.4 Å². The van der Waals surface area contributed by atoms with E-state index in [0.29, 0.717) is 0 Å². The Labute approximate surface area is 237 Å². The summed E-state index contributed by atoms with van der Waals surface area (Å²) in [5.74, 6) is 0. The molecule has 0 spiro atoms. The van der Waals surface area contributed by atoms with Crippen molar-refractivity contribution in [3.8, 4) is 5.69 Å². The van der Waals surface area contributed by atoms with Gasteiger partial charge in [0.1, 0.15) is 11.3 Å². The zero-order valence-electron chi connectivity index (χ0n) is 21.7. The highest BCUT2D eigenvalue weighted by Gasteiger charge is 2.20. The molecule has 0 saturated carbocycles. The quantitative estimate of drug-likeness (QED) is 0.194. The van der Waals surface area contributed by atoms with Crippen LogP contribution in [0.25, 0.3) is 86.2 Å². The van der Waals surface area contributed by atoms with E-state index in [0.717, 1.165) is 38.8 Å². The Balaban J connectivity index is 1.47. The highest BCUT2D eigenvalue weighted by molar-refractivity contribution is 7.25. The van der Waals surface area contributed by atoms with E-state index in [1.54, 1.807) is 0 Å². The fourth-order valence-electron chi connectivity index (χ4n) is 6.75. The first kappa shape index (κ1) is 21.5. The van der Waals surface area contributed by atoms with Crippen molar-refractivity contribution in [2.75, 3.05) is 0 Å². The number of nitrogens with zero attached hydrogens (tertiary/aromatic N) is 4. The molecule has 0 N–H and O–H groups in total. The molecule has 10 aromatic rings. The zero-order chi connectivity index (χ0) is 26.7. The van der Waals surface area contributed by atoms with Crippen molar-refractivity contribution < 1.29 is 0 Å². The van der Waals surface area contributed by atoms with Gasteiger partial charge in [0.15, 0.2) is 0 Å². The van der Waals surface area contributed by atoms with Gasteiger partial charge in [0.05, 0.1) is 22.1 Å². The predicted octanol–water partition coefficient (Wildman–Crippen LogP) is 9.65. The number of fused-ring (bicyclic) bond motifs is 14. The standard InChI is InChI=1S/C36H20N4S/c1-2-9-21(10-3-1)39-31-19-28-24(23-12-8-16-37-35(23)40-30-14-6-5-13-29(30)38-36(28)40)17-25(31)26-18-27-22-11-4-7-15-33(22)41-34(27)20-32(26)39/h1-20H. The topological polar surface area (TPSA) is 35.1 Å². The van der Waals surface area contributed by atoms with E-state index < -0.39 is 0 Å². The van der Waals surface area contributed by atoms with Crippen LogP contribution in [0.3, 0.4) is 0 Å². The number of pyridine rings is 2. The van der Waals surface area contributed by atoms with Gasteiger partial charge in [0, 0.05) is 53.6 Å². The van der Waals surface area contributed by atoms with Crippen molar-refractivity contribution in [1.82, 2.24) is 18.9 Å². The van der Waals surface area contributed by atoms with Crippen LogP contribution in [0.2, 0.25) is 0 Å². The highest BCUT2D eigenvalue weighted by Crippen LogP contribution is 2.43. The molecule has 0 radical (unpaired) electrons. The molecular formula is C36H20N4S. The van der Waals surface area contributed by atoms with Crippen molar-refractivity contribution in [3.63, 3.8) is 0 Å². The normalized spacial score (nSPS) is 12.4. The minimum absolute atomic E-state index is 0.932. The average molecular weight is 541 g/mol. The van der Waals surface area contributed by atoms with Crippen LogP contribution in [-0.4, -0.2) is 18.9 Å². The summed E-state index contributed by atoms with van der Waals surface area (Å²) in [6.07, 6.45) is 1.88. The molecule has 5 heteroatoms. The van der Waals surface area contributed by atoms with E-state index >= 15 is 0 Å². The Hall–Kier alpha value is -5.26. The van der Waals surface area contributed by atoms with Crippen LogP contribution >= 0.6 is 11.3 Å². The third-order valence-electron chi connectivity index (χ3n) is 8.51. The second-order valence-corrected chi connectivity index (χ2v) is 11.8. The number of rotatable bonds is 1. The third kappa shape index (κ3) is 2.78. The molecule has 190 valence electrons. The summed E-state index contributed by atoms with van der Waals surface area (Å²) in [6.45, 7) is 0. The molecule has 41 heavy (non-hydrogen) atoms. The van der Waals surface area contributed by atoms with Gasteiger partial charge in [-0.15, -0.1) is 11.3 Å². The summed E-state index contributed by atoms with van der Waals surface area (Å²) in [7, 11) is 0. The molecule has 5 aromatic heterocycles. The van der Waals surface area contributed by atoms with Crippen molar-refractivity contribution in [1.29, 1.82) is 0 Å². The summed E-state index contributed by atoms with van der Waals surface area (Å²) in [4.78, 5) is 10.0. The smallest absolute Gasteiger partial charge is 0.147 e. The van der Waals surface area contributed by atoms with Crippen LogP contribution in [0.4, 0.5) is 0 Å². The molecule has 0 aliphatic heterocycles. The minimum atomic E-state index is 0.932. The van der Waals surface area contributed by atoms with Crippen LogP contribution in [-0.2, 0) is 0 Å². The van der Waals surface area contributed by atoms with Crippen molar-refractivity contribution in [2.24, 2.45) is 0 Å². The number of hydrogen-bond acceptors (Lipinski definition) is 3. The first-order valence-corrected chi connectivity index (χ1v) is 14.6. The lowest BCUT2D eigenvalue weighted by Crippen LogP contribution is -1.95. The Morgan fingerprint density at radius 3 is 2.17 bits per heavy atom. The van der Waals surface area contributed by atoms with Gasteiger partial charge in [-0.05, 0) is 72.1 Å². The summed E-state index contributed by atoms with van der Waals surface area (Å²) in [6, 6.07) is 41.5. The fraction of sp³-hybridized carbons (Fsp3) is 0. The van der Waals surface area contributed by atoms with E-state index in [-0.39, 0.29) is 0 Å². The maximum absolute atomic E-state index is 5.14. The Bertz CT molecular complexity index is 2690. The molecular weight excluding hydrogens is 520 g/mol. The van der Waals surface area contributed by atoms with Gasteiger partial charge in [-0.1, -0.05) is 48.5 Å². The molecule has 5 heterocycles. The molecule has 4 nitrogen and oxygen atoms in total. The maximum atomic E-state index is 5.14. The van der Waals surface area contributed by atoms with Crippen molar-refractivity contribution in [2.45, 2.75) is 0 Å². The molecule has 0 fully saturated rings. The Kier molecular flexibility index (Phi) is 4.04. The Morgan fingerprint density at radius 2 is 1.24 bits per heavy atom. The summed E-state index contributed by atoms with van der Waals surface area (Å²) in [5, 5.41) is 8.55. The van der Waals surface area contributed by atoms with Crippen molar-refractivity contribution >= 4 is 91.8 Å². The van der Waals surface area contributed by atoms with Crippen LogP contribution in [0.5, 0.6) is 0 Å². The van der Waals surface area contributed by atoms with Crippen LogP contribution in [0, 0.1) is 0 Å². The maximum Gasteiger partial charge on any atom is 0.147 e. The van der Waals surface area contributed by atoms with Crippen LogP contribution in [0.15, 0.2) is 121 Å². The minimum Gasteiger partial charge on any atom is -0.309 e. The highest BCUT2D eigenvalue weighted by atomic mass is 32.1. The van der Waals surface area contributed by atoms with Gasteiger partial charge < -0.3 is 4.57 Å². The second-order valence-electron chi connectivity index (χ2n) is 10.7. The van der Waals surface area contributed by atoms with E-state index in [4.69, 9.17) is 9.97 Å². The Morgan fingerprint density at radius 1 is 0.488 bits per heavy atom. The number of imidazole rings is 1. The average Bonchev–Trinajstić information content (AvgIpc) is 3.69. The number of aromatic nitrogens is 4. The van der Waals surface area contributed by atoms with E-state index in [9.17, 15) is 0 Å². The van der Waals surface area contributed by atoms with Crippen LogP contribution < -0.4 is 0 Å². The largest absolute Gasteiger partial charge is 0.309 e. The zero-order valence-corrected chi connectivity index (χ0v) is 22.6. The van der Waals surface area contributed by atoms with Gasteiger partial charge in [-0.25, -0.2) is 9.97 Å². The number of hydrogen-bond donors (Lipinski definition) is 0. The van der Waals surface area contributed by atoms with Gasteiger partial charge in [0.2, 0.25) is 0 Å². The number of thiophene rings is 1. The first-order chi connectivity index (χ1) is 20.3. The predicted molar refractivity (Wildman–Crippen MR) is 173 cm³/mol. The molecule has 0 unspecified atom stereocenters. The fourth-order valence-corrected chi connectivity index (χ4v) is 7.87. The van der Waals surface area contributed by atoms with Gasteiger partial charge in [-0.2, -0.15) is 0 Å². The molecule has 0 bridgehead atoms. The van der Waals surface area contributed by atoms with Gasteiger partial charge in [0.25, 0.3) is 0 Å². The van der Waals surface area contributed by atoms with E-state index in [2.05, 4.69) is 112 Å². The lowest BCUT2D eigenvalue weighted by Gasteiger charge is -2.11. The number of benzene rings is 5. The molecule has 0 atom stereocenters. The molecule has 10 rings (SSSR count). The molecule has 0 amide bonds. The number of para-hydroxylation sites is 3. The lowest BCUT2D eigenvalue weighted by atomic mass is 10.0. The molecule has 0 aliphatic carbocycles. The monoisotopic (exact) mass is 540 g/mol. The summed E-state index contributed by atoms with van der Waals surface area (Å²) in [5.41, 5.74) is 7.46.